The van der Waals surface area contributed by atoms with Crippen molar-refractivity contribution >= 4 is 11.9 Å². The lowest BCUT2D eigenvalue weighted by atomic mass is 9.92. The lowest BCUT2D eigenvalue weighted by Gasteiger charge is -2.21. The maximum atomic E-state index is 13.0. The standard InChI is InChI=1S/C20H18F3NO3/c21-20(22,23)15-8-4-7-14(12-15)19(9-10-19)18(27)24-16(17(25)26)11-13-5-2-1-3-6-13/h1-8,12,16H,9-11H2,(H,24,27)(H,25,26). The van der Waals surface area contributed by atoms with Crippen molar-refractivity contribution < 1.29 is 27.9 Å². The molecule has 0 saturated heterocycles. The summed E-state index contributed by atoms with van der Waals surface area (Å²) in [5.41, 5.74) is -0.906. The smallest absolute Gasteiger partial charge is 0.416 e. The molecule has 1 unspecified atom stereocenters. The Hall–Kier alpha value is -2.83. The van der Waals surface area contributed by atoms with Gasteiger partial charge in [0.1, 0.15) is 6.04 Å². The average Bonchev–Trinajstić information content (AvgIpc) is 3.43. The highest BCUT2D eigenvalue weighted by atomic mass is 19.4. The van der Waals surface area contributed by atoms with Gasteiger partial charge in [0.2, 0.25) is 5.91 Å². The number of aliphatic carboxylic acids is 1. The number of carboxylic acid groups (broad SMARTS) is 1. The summed E-state index contributed by atoms with van der Waals surface area (Å²) in [7, 11) is 0. The van der Waals surface area contributed by atoms with Crippen LogP contribution in [0.15, 0.2) is 54.6 Å². The van der Waals surface area contributed by atoms with Crippen LogP contribution in [0.1, 0.15) is 29.5 Å². The molecule has 0 aliphatic heterocycles. The molecule has 142 valence electrons. The molecule has 0 spiro atoms. The fraction of sp³-hybridized carbons (Fsp3) is 0.300. The molecule has 0 aromatic heterocycles. The first-order valence-corrected chi connectivity index (χ1v) is 8.48. The maximum absolute atomic E-state index is 13.0. The number of carbonyl (C=O) groups excluding carboxylic acids is 1. The summed E-state index contributed by atoms with van der Waals surface area (Å²) < 4.78 is 38.9. The largest absolute Gasteiger partial charge is 0.480 e. The second kappa shape index (κ2) is 7.06. The van der Waals surface area contributed by atoms with Gasteiger partial charge in [0.25, 0.3) is 0 Å². The van der Waals surface area contributed by atoms with Gasteiger partial charge in [0.05, 0.1) is 11.0 Å². The van der Waals surface area contributed by atoms with Crippen molar-refractivity contribution in [2.24, 2.45) is 0 Å². The third kappa shape index (κ3) is 4.13. The number of halogens is 3. The minimum Gasteiger partial charge on any atom is -0.480 e. The van der Waals surface area contributed by atoms with E-state index in [2.05, 4.69) is 5.32 Å². The van der Waals surface area contributed by atoms with Crippen molar-refractivity contribution in [3.63, 3.8) is 0 Å². The van der Waals surface area contributed by atoms with Crippen LogP contribution in [-0.4, -0.2) is 23.0 Å². The Kier molecular flexibility index (Phi) is 4.95. The first-order valence-electron chi connectivity index (χ1n) is 8.48. The number of alkyl halides is 3. The van der Waals surface area contributed by atoms with Gasteiger partial charge in [-0.1, -0.05) is 48.5 Å². The van der Waals surface area contributed by atoms with E-state index in [1.807, 2.05) is 0 Å². The molecule has 1 aliphatic rings. The summed E-state index contributed by atoms with van der Waals surface area (Å²) in [4.78, 5) is 24.3. The molecular formula is C20H18F3NO3. The third-order valence-corrected chi connectivity index (χ3v) is 4.81. The number of amides is 1. The zero-order valence-electron chi connectivity index (χ0n) is 14.3. The van der Waals surface area contributed by atoms with E-state index in [0.29, 0.717) is 12.8 Å². The van der Waals surface area contributed by atoms with Gasteiger partial charge in [-0.25, -0.2) is 4.79 Å². The van der Waals surface area contributed by atoms with Crippen LogP contribution in [0.2, 0.25) is 0 Å². The lowest BCUT2D eigenvalue weighted by molar-refractivity contribution is -0.142. The highest BCUT2D eigenvalue weighted by molar-refractivity contribution is 5.94. The predicted molar refractivity (Wildman–Crippen MR) is 92.1 cm³/mol. The molecule has 3 rings (SSSR count). The van der Waals surface area contributed by atoms with Gasteiger partial charge in [0, 0.05) is 6.42 Å². The summed E-state index contributed by atoms with van der Waals surface area (Å²) in [6, 6.07) is 12.4. The van der Waals surface area contributed by atoms with E-state index in [9.17, 15) is 27.9 Å². The first-order chi connectivity index (χ1) is 12.7. The lowest BCUT2D eigenvalue weighted by Crippen LogP contribution is -2.46. The van der Waals surface area contributed by atoms with Crippen molar-refractivity contribution in [1.29, 1.82) is 0 Å². The second-order valence-electron chi connectivity index (χ2n) is 6.71. The van der Waals surface area contributed by atoms with Crippen LogP contribution >= 0.6 is 0 Å². The summed E-state index contributed by atoms with van der Waals surface area (Å²) in [6.07, 6.45) is -3.63. The number of carbonyl (C=O) groups is 2. The molecule has 1 amide bonds. The monoisotopic (exact) mass is 377 g/mol. The van der Waals surface area contributed by atoms with Crippen molar-refractivity contribution in [2.45, 2.75) is 36.9 Å². The molecular weight excluding hydrogens is 359 g/mol. The molecule has 2 N–H and O–H groups in total. The minimum atomic E-state index is -4.50. The van der Waals surface area contributed by atoms with E-state index in [1.54, 1.807) is 30.3 Å². The van der Waals surface area contributed by atoms with Crippen LogP contribution < -0.4 is 5.32 Å². The molecule has 1 fully saturated rings. The van der Waals surface area contributed by atoms with Crippen molar-refractivity contribution in [2.75, 3.05) is 0 Å². The predicted octanol–water partition coefficient (Wildman–Crippen LogP) is 3.55. The van der Waals surface area contributed by atoms with Crippen LogP contribution in [-0.2, 0) is 27.6 Å². The highest BCUT2D eigenvalue weighted by Gasteiger charge is 2.52. The Labute approximate surface area is 154 Å². The third-order valence-electron chi connectivity index (χ3n) is 4.81. The quantitative estimate of drug-likeness (QED) is 0.809. The molecule has 1 aliphatic carbocycles. The number of nitrogens with one attached hydrogen (secondary N) is 1. The van der Waals surface area contributed by atoms with Crippen molar-refractivity contribution in [3.8, 4) is 0 Å². The zero-order valence-corrected chi connectivity index (χ0v) is 14.3. The molecule has 27 heavy (non-hydrogen) atoms. The Bertz CT molecular complexity index is 845. The Morgan fingerprint density at radius 1 is 1.07 bits per heavy atom. The number of rotatable bonds is 6. The van der Waals surface area contributed by atoms with Gasteiger partial charge < -0.3 is 10.4 Å². The maximum Gasteiger partial charge on any atom is 0.416 e. The second-order valence-corrected chi connectivity index (χ2v) is 6.71. The normalized spacial score (nSPS) is 16.4. The molecule has 7 heteroatoms. The van der Waals surface area contributed by atoms with Crippen LogP contribution in [0.3, 0.4) is 0 Å². The Morgan fingerprint density at radius 3 is 2.30 bits per heavy atom. The van der Waals surface area contributed by atoms with Gasteiger partial charge in [-0.15, -0.1) is 0 Å². The van der Waals surface area contributed by atoms with Crippen LogP contribution in [0.5, 0.6) is 0 Å². The fourth-order valence-electron chi connectivity index (χ4n) is 3.11. The van der Waals surface area contributed by atoms with Gasteiger partial charge in [-0.05, 0) is 30.0 Å². The highest BCUT2D eigenvalue weighted by Crippen LogP contribution is 2.49. The number of carboxylic acids is 1. The fourth-order valence-corrected chi connectivity index (χ4v) is 3.11. The summed E-state index contributed by atoms with van der Waals surface area (Å²) in [5, 5.41) is 11.9. The van der Waals surface area contributed by atoms with Gasteiger partial charge >= 0.3 is 12.1 Å². The Morgan fingerprint density at radius 2 is 1.74 bits per heavy atom. The van der Waals surface area contributed by atoms with E-state index in [1.165, 1.54) is 12.1 Å². The molecule has 0 radical (unpaired) electrons. The summed E-state index contributed by atoms with van der Waals surface area (Å²) in [6.45, 7) is 0. The molecule has 2 aromatic carbocycles. The Balaban J connectivity index is 1.79. The number of hydrogen-bond donors (Lipinski definition) is 2. The molecule has 0 heterocycles. The molecule has 4 nitrogen and oxygen atoms in total. The van der Waals surface area contributed by atoms with Gasteiger partial charge in [0.15, 0.2) is 0 Å². The van der Waals surface area contributed by atoms with Gasteiger partial charge in [-0.3, -0.25) is 4.79 Å². The van der Waals surface area contributed by atoms with Crippen LogP contribution in [0.25, 0.3) is 0 Å². The van der Waals surface area contributed by atoms with Crippen LogP contribution in [0.4, 0.5) is 13.2 Å². The van der Waals surface area contributed by atoms with E-state index in [4.69, 9.17) is 0 Å². The number of hydrogen-bond acceptors (Lipinski definition) is 2. The van der Waals surface area contributed by atoms with E-state index in [-0.39, 0.29) is 12.0 Å². The van der Waals surface area contributed by atoms with E-state index < -0.39 is 35.1 Å². The summed E-state index contributed by atoms with van der Waals surface area (Å²) >= 11 is 0. The SMILES string of the molecule is O=C(O)C(Cc1ccccc1)NC(=O)C1(c2cccc(C(F)(F)F)c2)CC1. The molecule has 0 bridgehead atoms. The van der Waals surface area contributed by atoms with Crippen molar-refractivity contribution in [3.05, 3.63) is 71.3 Å². The molecule has 1 atom stereocenters. The van der Waals surface area contributed by atoms with Crippen molar-refractivity contribution in [1.82, 2.24) is 5.32 Å². The topological polar surface area (TPSA) is 66.4 Å². The average molecular weight is 377 g/mol. The number of benzene rings is 2. The molecule has 1 saturated carbocycles. The van der Waals surface area contributed by atoms with E-state index >= 15 is 0 Å². The minimum absolute atomic E-state index is 0.0978. The van der Waals surface area contributed by atoms with Gasteiger partial charge in [-0.2, -0.15) is 13.2 Å². The van der Waals surface area contributed by atoms with E-state index in [0.717, 1.165) is 17.7 Å². The molecule has 2 aromatic rings. The van der Waals surface area contributed by atoms with Crippen LogP contribution in [0, 0.1) is 0 Å². The zero-order chi connectivity index (χ0) is 19.7. The summed E-state index contributed by atoms with van der Waals surface area (Å²) in [5.74, 6) is -1.74. The first kappa shape index (κ1) is 18.9.